The van der Waals surface area contributed by atoms with Crippen molar-refractivity contribution in [3.05, 3.63) is 18.7 Å². The van der Waals surface area contributed by atoms with Crippen molar-refractivity contribution in [3.63, 3.8) is 0 Å². The Bertz CT molecular complexity index is 288. The Morgan fingerprint density at radius 3 is 3.00 bits per heavy atom. The summed E-state index contributed by atoms with van der Waals surface area (Å²) in [5.74, 6) is 0. The third-order valence-electron chi connectivity index (χ3n) is 1.11. The topological polar surface area (TPSA) is 54.5 Å². The van der Waals surface area contributed by atoms with Crippen LogP contribution in [0, 0.1) is 0 Å². The van der Waals surface area contributed by atoms with Gasteiger partial charge in [0, 0.05) is 24.4 Å². The first-order valence-electron chi connectivity index (χ1n) is 2.56. The summed E-state index contributed by atoms with van der Waals surface area (Å²) in [6.07, 6.45) is 4.85. The Kier molecular flexibility index (Phi) is 2.22. The summed E-state index contributed by atoms with van der Waals surface area (Å²) in [4.78, 5) is 7.74. The van der Waals surface area contributed by atoms with E-state index in [0.29, 0.717) is 0 Å². The summed E-state index contributed by atoms with van der Waals surface area (Å²) in [7, 11) is 0. The molecule has 0 aliphatic heterocycles. The molecule has 0 spiro atoms. The van der Waals surface area contributed by atoms with Crippen molar-refractivity contribution in [2.45, 2.75) is 0 Å². The van der Waals surface area contributed by atoms with Gasteiger partial charge in [0.05, 0.1) is 12.4 Å². The number of nitrogens with one attached hydrogen (secondary N) is 1. The second kappa shape index (κ2) is 2.97. The summed E-state index contributed by atoms with van der Waals surface area (Å²) >= 11 is 0. The molecular formula is C5H4N4Sb. The molecule has 0 aliphatic rings. The Labute approximate surface area is 74.5 Å². The second-order valence-corrected chi connectivity index (χ2v) is 1.69. The Balaban J connectivity index is 0.000000500. The number of rotatable bonds is 0. The van der Waals surface area contributed by atoms with Gasteiger partial charge in [-0.3, -0.25) is 5.10 Å². The van der Waals surface area contributed by atoms with Gasteiger partial charge in [0.15, 0.2) is 0 Å². The van der Waals surface area contributed by atoms with E-state index in [0.717, 1.165) is 11.0 Å². The van der Waals surface area contributed by atoms with Crippen LogP contribution in [0.2, 0.25) is 0 Å². The van der Waals surface area contributed by atoms with E-state index in [1.54, 1.807) is 12.4 Å². The minimum absolute atomic E-state index is 0. The first-order valence-corrected chi connectivity index (χ1v) is 2.56. The van der Waals surface area contributed by atoms with Crippen LogP contribution in [0.5, 0.6) is 0 Å². The van der Waals surface area contributed by atoms with Gasteiger partial charge in [-0.15, -0.1) is 0 Å². The number of aromatic amines is 1. The zero-order chi connectivity index (χ0) is 6.10. The van der Waals surface area contributed by atoms with Crippen molar-refractivity contribution >= 4 is 35.5 Å². The molecule has 0 saturated carbocycles. The first-order chi connectivity index (χ1) is 4.47. The molecule has 0 aliphatic carbocycles. The van der Waals surface area contributed by atoms with Gasteiger partial charge >= 0.3 is 0 Å². The fourth-order valence-corrected chi connectivity index (χ4v) is 0.691. The molecule has 2 rings (SSSR count). The fraction of sp³-hybridized carbons (Fsp3) is 0. The van der Waals surface area contributed by atoms with Gasteiger partial charge in [-0.1, -0.05) is 0 Å². The molecule has 0 amide bonds. The molecule has 4 nitrogen and oxygen atoms in total. The van der Waals surface area contributed by atoms with Crippen LogP contribution in [0.25, 0.3) is 11.0 Å². The smallest absolute Gasteiger partial charge is 0.116 e. The van der Waals surface area contributed by atoms with Crippen LogP contribution in [0.1, 0.15) is 0 Å². The van der Waals surface area contributed by atoms with E-state index in [9.17, 15) is 0 Å². The molecule has 0 bridgehead atoms. The van der Waals surface area contributed by atoms with Crippen LogP contribution in [0.3, 0.4) is 0 Å². The third-order valence-corrected chi connectivity index (χ3v) is 1.11. The molecule has 2 heterocycles. The molecule has 1 N–H and O–H groups in total. The number of hydrogen-bond acceptors (Lipinski definition) is 3. The van der Waals surface area contributed by atoms with Gasteiger partial charge in [-0.2, -0.15) is 5.10 Å². The molecule has 0 aromatic carbocycles. The minimum atomic E-state index is 0. The Morgan fingerprint density at radius 1 is 1.30 bits per heavy atom. The molecule has 0 unspecified atom stereocenters. The maximum Gasteiger partial charge on any atom is 0.116 e. The van der Waals surface area contributed by atoms with Gasteiger partial charge in [0.1, 0.15) is 17.4 Å². The van der Waals surface area contributed by atoms with E-state index in [1.807, 2.05) is 0 Å². The van der Waals surface area contributed by atoms with Crippen LogP contribution in [0.4, 0.5) is 0 Å². The number of fused-ring (bicyclic) bond motifs is 1. The Morgan fingerprint density at radius 2 is 2.20 bits per heavy atom. The molecule has 5 heteroatoms. The van der Waals surface area contributed by atoms with Crippen molar-refractivity contribution < 1.29 is 0 Å². The molecule has 0 fully saturated rings. The summed E-state index contributed by atoms with van der Waals surface area (Å²) in [6.45, 7) is 0. The van der Waals surface area contributed by atoms with Crippen molar-refractivity contribution in [2.75, 3.05) is 0 Å². The van der Waals surface area contributed by atoms with Crippen molar-refractivity contribution in [1.29, 1.82) is 0 Å². The molecule has 3 radical (unpaired) electrons. The number of hydrogen-bond donors (Lipinski definition) is 1. The molecule has 49 valence electrons. The normalized spacial score (nSPS) is 9.20. The molecule has 0 saturated heterocycles. The largest absolute Gasteiger partial charge is 0.275 e. The SMILES string of the molecule is [Sb].c1ncc2[nH]ncc2n1. The van der Waals surface area contributed by atoms with Crippen molar-refractivity contribution in [3.8, 4) is 0 Å². The van der Waals surface area contributed by atoms with Gasteiger partial charge in [-0.05, 0) is 0 Å². The summed E-state index contributed by atoms with van der Waals surface area (Å²) in [5, 5.41) is 6.52. The Hall–Kier alpha value is -0.632. The van der Waals surface area contributed by atoms with Gasteiger partial charge < -0.3 is 0 Å². The molecule has 2 aromatic rings. The predicted molar refractivity (Wildman–Crippen MR) is 37.4 cm³/mol. The van der Waals surface area contributed by atoms with Crippen LogP contribution < -0.4 is 0 Å². The molecular weight excluding hydrogens is 238 g/mol. The number of nitrogens with zero attached hydrogens (tertiary/aromatic N) is 3. The van der Waals surface area contributed by atoms with Crippen molar-refractivity contribution in [1.82, 2.24) is 20.2 Å². The van der Waals surface area contributed by atoms with E-state index < -0.39 is 0 Å². The van der Waals surface area contributed by atoms with Crippen LogP contribution in [-0.4, -0.2) is 44.6 Å². The third kappa shape index (κ3) is 1.12. The second-order valence-electron chi connectivity index (χ2n) is 1.69. The van der Waals surface area contributed by atoms with Gasteiger partial charge in [-0.25, -0.2) is 9.97 Å². The molecule has 0 atom stereocenters. The maximum atomic E-state index is 3.94. The average molecular weight is 242 g/mol. The average Bonchev–Trinajstić information content (AvgIpc) is 2.33. The number of aromatic nitrogens is 4. The van der Waals surface area contributed by atoms with Gasteiger partial charge in [0.25, 0.3) is 0 Å². The zero-order valence-corrected chi connectivity index (χ0v) is 7.57. The summed E-state index contributed by atoms with van der Waals surface area (Å²) in [6, 6.07) is 0. The maximum absolute atomic E-state index is 3.94. The van der Waals surface area contributed by atoms with E-state index in [2.05, 4.69) is 20.2 Å². The van der Waals surface area contributed by atoms with E-state index >= 15 is 0 Å². The fourth-order valence-electron chi connectivity index (χ4n) is 0.691. The van der Waals surface area contributed by atoms with E-state index in [1.165, 1.54) is 6.33 Å². The minimum Gasteiger partial charge on any atom is -0.275 e. The standard InChI is InChI=1S/C5H4N4.Sb/c1-5-4(2-8-9-5)7-3-6-1;/h1-3H,(H,8,9);. The van der Waals surface area contributed by atoms with Crippen LogP contribution in [0.15, 0.2) is 18.7 Å². The number of H-pyrrole nitrogens is 1. The van der Waals surface area contributed by atoms with E-state index in [4.69, 9.17) is 0 Å². The monoisotopic (exact) mass is 241 g/mol. The van der Waals surface area contributed by atoms with E-state index in [-0.39, 0.29) is 24.4 Å². The van der Waals surface area contributed by atoms with Crippen molar-refractivity contribution in [2.24, 2.45) is 0 Å². The summed E-state index contributed by atoms with van der Waals surface area (Å²) in [5.41, 5.74) is 1.72. The van der Waals surface area contributed by atoms with Crippen LogP contribution >= 0.6 is 0 Å². The first kappa shape index (κ1) is 7.47. The zero-order valence-electron chi connectivity index (χ0n) is 5.02. The molecule has 2 aromatic heterocycles. The van der Waals surface area contributed by atoms with Gasteiger partial charge in [0.2, 0.25) is 0 Å². The molecule has 10 heavy (non-hydrogen) atoms. The van der Waals surface area contributed by atoms with Crippen LogP contribution in [-0.2, 0) is 0 Å². The quantitative estimate of drug-likeness (QED) is 0.660. The predicted octanol–water partition coefficient (Wildman–Crippen LogP) is -0.0279. The summed E-state index contributed by atoms with van der Waals surface area (Å²) < 4.78 is 0.